The fourth-order valence-corrected chi connectivity index (χ4v) is 5.82. The molecule has 0 N–H and O–H groups in total. The average molecular weight is 559 g/mol. The molecule has 0 bridgehead atoms. The van der Waals surface area contributed by atoms with Gasteiger partial charge in [0.1, 0.15) is 0 Å². The molecule has 194 valence electrons. The number of carbonyl (C=O) groups excluding carboxylic acids is 1. The first-order valence-electron chi connectivity index (χ1n) is 12.0. The highest BCUT2D eigenvalue weighted by atomic mass is 35.5. The van der Waals surface area contributed by atoms with Gasteiger partial charge in [0.15, 0.2) is 0 Å². The minimum atomic E-state index is -3.97. The van der Waals surface area contributed by atoms with E-state index in [9.17, 15) is 13.2 Å². The highest BCUT2D eigenvalue weighted by Crippen LogP contribution is 2.24. The van der Waals surface area contributed by atoms with Gasteiger partial charge in [-0.05, 0) is 41.5 Å². The standard InChI is InChI=1S/C28H29Cl2N3O3S/c29-25-12-14-26(15-13-25)37(35,36)33(21-24-10-4-5-11-27(24)30)22-28(34)32-19-17-31(18-20-32)16-6-9-23-7-2-1-3-8-23/h1-15H,16-22H2/b9-6+. The maximum absolute atomic E-state index is 13.5. The van der Waals surface area contributed by atoms with Crippen LogP contribution in [0.15, 0.2) is 89.8 Å². The summed E-state index contributed by atoms with van der Waals surface area (Å²) in [5.74, 6) is -0.232. The highest BCUT2D eigenvalue weighted by molar-refractivity contribution is 7.89. The summed E-state index contributed by atoms with van der Waals surface area (Å²) in [5.41, 5.74) is 1.78. The van der Waals surface area contributed by atoms with E-state index in [2.05, 4.69) is 29.2 Å². The number of nitrogens with zero attached hydrogens (tertiary/aromatic N) is 3. The van der Waals surface area contributed by atoms with Crippen LogP contribution in [0, 0.1) is 0 Å². The molecule has 3 aromatic carbocycles. The van der Waals surface area contributed by atoms with Gasteiger partial charge in [-0.3, -0.25) is 9.69 Å². The number of amides is 1. The molecule has 9 heteroatoms. The first-order valence-corrected chi connectivity index (χ1v) is 14.2. The Hall–Kier alpha value is -2.68. The van der Waals surface area contributed by atoms with Gasteiger partial charge in [0, 0.05) is 49.3 Å². The number of carbonyl (C=O) groups is 1. The van der Waals surface area contributed by atoms with Crippen molar-refractivity contribution in [2.45, 2.75) is 11.4 Å². The fourth-order valence-electron chi connectivity index (χ4n) is 4.13. The van der Waals surface area contributed by atoms with E-state index in [1.807, 2.05) is 18.2 Å². The van der Waals surface area contributed by atoms with Gasteiger partial charge in [-0.1, -0.05) is 83.9 Å². The Labute approximate surface area is 228 Å². The largest absolute Gasteiger partial charge is 0.339 e. The molecule has 0 atom stereocenters. The molecule has 1 fully saturated rings. The lowest BCUT2D eigenvalue weighted by Gasteiger charge is -2.35. The van der Waals surface area contributed by atoms with Crippen molar-refractivity contribution in [3.05, 3.63) is 106 Å². The van der Waals surface area contributed by atoms with Crippen molar-refractivity contribution in [3.63, 3.8) is 0 Å². The molecule has 0 aliphatic carbocycles. The Morgan fingerprint density at radius 3 is 2.19 bits per heavy atom. The maximum Gasteiger partial charge on any atom is 0.243 e. The summed E-state index contributed by atoms with van der Waals surface area (Å²) >= 11 is 12.3. The monoisotopic (exact) mass is 557 g/mol. The zero-order valence-corrected chi connectivity index (χ0v) is 22.7. The number of sulfonamides is 1. The summed E-state index contributed by atoms with van der Waals surface area (Å²) in [5, 5.41) is 0.882. The van der Waals surface area contributed by atoms with E-state index in [1.54, 1.807) is 29.2 Å². The van der Waals surface area contributed by atoms with E-state index in [0.717, 1.165) is 25.2 Å². The van der Waals surface area contributed by atoms with Crippen LogP contribution >= 0.6 is 23.2 Å². The Kier molecular flexibility index (Phi) is 9.40. The average Bonchev–Trinajstić information content (AvgIpc) is 2.90. The predicted molar refractivity (Wildman–Crippen MR) is 149 cm³/mol. The second-order valence-electron chi connectivity index (χ2n) is 8.81. The summed E-state index contributed by atoms with van der Waals surface area (Å²) in [4.78, 5) is 17.3. The van der Waals surface area contributed by atoms with Crippen LogP contribution in [0.3, 0.4) is 0 Å². The van der Waals surface area contributed by atoms with Gasteiger partial charge in [0.25, 0.3) is 0 Å². The van der Waals surface area contributed by atoms with Crippen LogP contribution in [0.1, 0.15) is 11.1 Å². The number of benzene rings is 3. The molecule has 4 rings (SSSR count). The molecule has 6 nitrogen and oxygen atoms in total. The minimum absolute atomic E-state index is 0.0133. The van der Waals surface area contributed by atoms with Crippen molar-refractivity contribution in [2.24, 2.45) is 0 Å². The van der Waals surface area contributed by atoms with E-state index in [-0.39, 0.29) is 23.9 Å². The van der Waals surface area contributed by atoms with E-state index in [1.165, 1.54) is 28.6 Å². The molecule has 0 unspecified atom stereocenters. The lowest BCUT2D eigenvalue weighted by molar-refractivity contribution is -0.133. The molecule has 1 saturated heterocycles. The molecule has 3 aromatic rings. The Morgan fingerprint density at radius 1 is 0.865 bits per heavy atom. The molecule has 37 heavy (non-hydrogen) atoms. The topological polar surface area (TPSA) is 60.9 Å². The van der Waals surface area contributed by atoms with Gasteiger partial charge >= 0.3 is 0 Å². The molecule has 1 amide bonds. The van der Waals surface area contributed by atoms with Crippen LogP contribution in [-0.4, -0.2) is 67.7 Å². The van der Waals surface area contributed by atoms with Crippen LogP contribution < -0.4 is 0 Å². The van der Waals surface area contributed by atoms with Gasteiger partial charge in [-0.25, -0.2) is 8.42 Å². The third kappa shape index (κ3) is 7.43. The number of piperazine rings is 1. The molecular weight excluding hydrogens is 529 g/mol. The summed E-state index contributed by atoms with van der Waals surface area (Å²) in [6, 6.07) is 23.1. The van der Waals surface area contributed by atoms with E-state index < -0.39 is 10.0 Å². The fraction of sp³-hybridized carbons (Fsp3) is 0.250. The van der Waals surface area contributed by atoms with Crippen molar-refractivity contribution in [2.75, 3.05) is 39.3 Å². The molecule has 1 aliphatic heterocycles. The van der Waals surface area contributed by atoms with Crippen molar-refractivity contribution >= 4 is 45.2 Å². The smallest absolute Gasteiger partial charge is 0.243 e. The van der Waals surface area contributed by atoms with Crippen LogP contribution in [-0.2, 0) is 21.4 Å². The second-order valence-corrected chi connectivity index (χ2v) is 11.6. The van der Waals surface area contributed by atoms with Gasteiger partial charge < -0.3 is 4.90 Å². The van der Waals surface area contributed by atoms with Crippen molar-refractivity contribution < 1.29 is 13.2 Å². The van der Waals surface area contributed by atoms with Crippen molar-refractivity contribution in [3.8, 4) is 0 Å². The van der Waals surface area contributed by atoms with E-state index in [0.29, 0.717) is 28.7 Å². The van der Waals surface area contributed by atoms with Crippen LogP contribution in [0.4, 0.5) is 0 Å². The van der Waals surface area contributed by atoms with Crippen molar-refractivity contribution in [1.29, 1.82) is 0 Å². The Balaban J connectivity index is 1.41. The zero-order chi connectivity index (χ0) is 26.3. The maximum atomic E-state index is 13.5. The van der Waals surface area contributed by atoms with Crippen molar-refractivity contribution in [1.82, 2.24) is 14.1 Å². The summed E-state index contributed by atoms with van der Waals surface area (Å²) in [6.45, 7) is 3.03. The Bertz CT molecular complexity index is 1320. The van der Waals surface area contributed by atoms with Crippen LogP contribution in [0.25, 0.3) is 6.08 Å². The minimum Gasteiger partial charge on any atom is -0.339 e. The molecule has 0 saturated carbocycles. The lowest BCUT2D eigenvalue weighted by Crippen LogP contribution is -2.51. The normalized spacial score (nSPS) is 14.9. The van der Waals surface area contributed by atoms with Crippen LogP contribution in [0.2, 0.25) is 10.0 Å². The molecule has 0 radical (unpaired) electrons. The molecular formula is C28H29Cl2N3O3S. The first-order chi connectivity index (χ1) is 17.8. The first kappa shape index (κ1) is 27.4. The lowest BCUT2D eigenvalue weighted by atomic mass is 10.2. The molecule has 0 spiro atoms. The third-order valence-corrected chi connectivity index (χ3v) is 8.69. The summed E-state index contributed by atoms with van der Waals surface area (Å²) < 4.78 is 28.2. The van der Waals surface area contributed by atoms with E-state index in [4.69, 9.17) is 23.2 Å². The van der Waals surface area contributed by atoms with E-state index >= 15 is 0 Å². The van der Waals surface area contributed by atoms with Gasteiger partial charge in [-0.15, -0.1) is 0 Å². The predicted octanol–water partition coefficient (Wildman–Crippen LogP) is 5.04. The number of hydrogen-bond donors (Lipinski definition) is 0. The quantitative estimate of drug-likeness (QED) is 0.369. The van der Waals surface area contributed by atoms with Gasteiger partial charge in [0.05, 0.1) is 11.4 Å². The highest BCUT2D eigenvalue weighted by Gasteiger charge is 2.30. The van der Waals surface area contributed by atoms with Crippen LogP contribution in [0.5, 0.6) is 0 Å². The molecule has 1 aliphatic rings. The van der Waals surface area contributed by atoms with Gasteiger partial charge in [-0.2, -0.15) is 4.31 Å². The Morgan fingerprint density at radius 2 is 1.51 bits per heavy atom. The molecule has 1 heterocycles. The second kappa shape index (κ2) is 12.7. The number of rotatable bonds is 9. The third-order valence-electron chi connectivity index (χ3n) is 6.27. The number of hydrogen-bond acceptors (Lipinski definition) is 4. The summed E-state index contributed by atoms with van der Waals surface area (Å²) in [6.07, 6.45) is 4.21. The summed E-state index contributed by atoms with van der Waals surface area (Å²) in [7, 11) is -3.97. The number of halogens is 2. The SMILES string of the molecule is O=C(CN(Cc1ccccc1Cl)S(=O)(=O)c1ccc(Cl)cc1)N1CCN(C/C=C/c2ccccc2)CC1. The zero-order valence-electron chi connectivity index (χ0n) is 20.3. The van der Waals surface area contributed by atoms with Gasteiger partial charge in [0.2, 0.25) is 15.9 Å². The molecule has 0 aromatic heterocycles.